The van der Waals surface area contributed by atoms with Gasteiger partial charge >= 0.3 is 0 Å². The molecule has 3 rings (SSSR count). The third kappa shape index (κ3) is 2.67. The number of hydrogen-bond donors (Lipinski definition) is 1. The van der Waals surface area contributed by atoms with E-state index < -0.39 is 0 Å². The smallest absolute Gasteiger partial charge is 0.133 e. The number of fused-ring (bicyclic) bond motifs is 2. The Labute approximate surface area is 122 Å². The van der Waals surface area contributed by atoms with Crippen molar-refractivity contribution in [1.29, 1.82) is 0 Å². The van der Waals surface area contributed by atoms with E-state index in [9.17, 15) is 0 Å². The van der Waals surface area contributed by atoms with Crippen LogP contribution in [0.3, 0.4) is 0 Å². The summed E-state index contributed by atoms with van der Waals surface area (Å²) in [5.41, 5.74) is 1.33. The Kier molecular flexibility index (Phi) is 4.22. The maximum absolute atomic E-state index is 4.67. The zero-order chi connectivity index (χ0) is 13.9. The van der Waals surface area contributed by atoms with Gasteiger partial charge in [-0.05, 0) is 38.9 Å². The van der Waals surface area contributed by atoms with E-state index >= 15 is 0 Å². The van der Waals surface area contributed by atoms with Gasteiger partial charge in [0.1, 0.15) is 5.82 Å². The highest BCUT2D eigenvalue weighted by molar-refractivity contribution is 5.47. The number of hydrogen-bond acceptors (Lipinski definition) is 4. The Morgan fingerprint density at radius 1 is 1.30 bits per heavy atom. The molecule has 110 valence electrons. The molecule has 1 aromatic heterocycles. The summed E-state index contributed by atoms with van der Waals surface area (Å²) in [4.78, 5) is 9.77. The maximum atomic E-state index is 4.67. The van der Waals surface area contributed by atoms with E-state index in [0.717, 1.165) is 32.2 Å². The molecule has 0 spiro atoms. The van der Waals surface area contributed by atoms with Gasteiger partial charge in [0.05, 0.1) is 0 Å². The Morgan fingerprint density at radius 2 is 2.15 bits per heavy atom. The molecule has 2 atom stereocenters. The predicted molar refractivity (Wildman–Crippen MR) is 83.0 cm³/mol. The predicted octanol–water partition coefficient (Wildman–Crippen LogP) is 1.86. The van der Waals surface area contributed by atoms with E-state index in [1.165, 1.54) is 30.6 Å². The summed E-state index contributed by atoms with van der Waals surface area (Å²) < 4.78 is 0. The van der Waals surface area contributed by atoms with Crippen LogP contribution < -0.4 is 10.2 Å². The standard InChI is InChI=1S/C16H26N4/c1-3-17-11-13-5-4-9-18-16(13)20-10-8-14-6-7-15(12-20)19(14)2/h4-5,9,14-15,17H,3,6-8,10-12H2,1-2H3. The van der Waals surface area contributed by atoms with Crippen molar-refractivity contribution in [3.8, 4) is 0 Å². The molecule has 4 heteroatoms. The van der Waals surface area contributed by atoms with Crippen molar-refractivity contribution in [2.75, 3.05) is 31.6 Å². The largest absolute Gasteiger partial charge is 0.355 e. The minimum absolute atomic E-state index is 0.705. The zero-order valence-electron chi connectivity index (χ0n) is 12.7. The summed E-state index contributed by atoms with van der Waals surface area (Å²) in [6.45, 7) is 6.34. The molecule has 3 heterocycles. The molecule has 2 saturated heterocycles. The fraction of sp³-hybridized carbons (Fsp3) is 0.688. The summed E-state index contributed by atoms with van der Waals surface area (Å²) in [6, 6.07) is 5.74. The van der Waals surface area contributed by atoms with Gasteiger partial charge in [0.2, 0.25) is 0 Å². The first-order valence-corrected chi connectivity index (χ1v) is 7.91. The lowest BCUT2D eigenvalue weighted by Gasteiger charge is -2.28. The van der Waals surface area contributed by atoms with Gasteiger partial charge in [-0.3, -0.25) is 4.90 Å². The van der Waals surface area contributed by atoms with Crippen LogP contribution in [0, 0.1) is 0 Å². The first kappa shape index (κ1) is 13.8. The van der Waals surface area contributed by atoms with Gasteiger partial charge in [0.15, 0.2) is 0 Å². The minimum Gasteiger partial charge on any atom is -0.355 e. The first-order valence-electron chi connectivity index (χ1n) is 7.91. The van der Waals surface area contributed by atoms with Crippen LogP contribution in [0.4, 0.5) is 5.82 Å². The Morgan fingerprint density at radius 3 is 3.00 bits per heavy atom. The van der Waals surface area contributed by atoms with Crippen LogP contribution in [0.5, 0.6) is 0 Å². The van der Waals surface area contributed by atoms with Gasteiger partial charge in [-0.15, -0.1) is 0 Å². The monoisotopic (exact) mass is 274 g/mol. The van der Waals surface area contributed by atoms with Crippen molar-refractivity contribution in [3.05, 3.63) is 23.9 Å². The molecular weight excluding hydrogens is 248 g/mol. The highest BCUT2D eigenvalue weighted by Gasteiger charge is 2.35. The maximum Gasteiger partial charge on any atom is 0.133 e. The topological polar surface area (TPSA) is 31.4 Å². The number of rotatable bonds is 4. The molecule has 1 aromatic rings. The molecule has 2 aliphatic rings. The van der Waals surface area contributed by atoms with Crippen LogP contribution in [0.2, 0.25) is 0 Å². The van der Waals surface area contributed by atoms with Crippen molar-refractivity contribution in [1.82, 2.24) is 15.2 Å². The van der Waals surface area contributed by atoms with Gasteiger partial charge in [-0.25, -0.2) is 4.98 Å². The normalized spacial score (nSPS) is 26.8. The third-order valence-electron chi connectivity index (χ3n) is 4.88. The van der Waals surface area contributed by atoms with Crippen LogP contribution in [-0.2, 0) is 6.54 Å². The molecule has 0 amide bonds. The van der Waals surface area contributed by atoms with Gasteiger partial charge in [-0.1, -0.05) is 13.0 Å². The number of nitrogens with zero attached hydrogens (tertiary/aromatic N) is 3. The summed E-state index contributed by atoms with van der Waals surface area (Å²) in [5.74, 6) is 1.19. The third-order valence-corrected chi connectivity index (χ3v) is 4.88. The SMILES string of the molecule is CCNCc1cccnc1N1CCC2CCC(C1)N2C. The van der Waals surface area contributed by atoms with Gasteiger partial charge in [-0.2, -0.15) is 0 Å². The molecule has 2 aliphatic heterocycles. The van der Waals surface area contributed by atoms with Gasteiger partial charge in [0, 0.05) is 43.5 Å². The zero-order valence-corrected chi connectivity index (χ0v) is 12.7. The summed E-state index contributed by atoms with van der Waals surface area (Å²) in [5, 5.41) is 3.43. The van der Waals surface area contributed by atoms with Crippen LogP contribution in [0.15, 0.2) is 18.3 Å². The van der Waals surface area contributed by atoms with Crippen LogP contribution in [-0.4, -0.2) is 48.6 Å². The molecular formula is C16H26N4. The molecule has 0 aliphatic carbocycles. The average molecular weight is 274 g/mol. The number of nitrogens with one attached hydrogen (secondary N) is 1. The molecule has 0 aromatic carbocycles. The van der Waals surface area contributed by atoms with Crippen LogP contribution in [0.1, 0.15) is 31.7 Å². The summed E-state index contributed by atoms with van der Waals surface area (Å²) in [6.07, 6.45) is 5.91. The van der Waals surface area contributed by atoms with E-state index in [0.29, 0.717) is 6.04 Å². The number of aromatic nitrogens is 1. The molecule has 1 N–H and O–H groups in total. The van der Waals surface area contributed by atoms with Crippen molar-refractivity contribution < 1.29 is 0 Å². The number of likely N-dealkylation sites (N-methyl/N-ethyl adjacent to an activating group) is 1. The van der Waals surface area contributed by atoms with E-state index in [2.05, 4.69) is 40.1 Å². The second-order valence-corrected chi connectivity index (χ2v) is 6.05. The number of pyridine rings is 1. The lowest BCUT2D eigenvalue weighted by molar-refractivity contribution is 0.254. The lowest BCUT2D eigenvalue weighted by atomic mass is 10.1. The van der Waals surface area contributed by atoms with Crippen molar-refractivity contribution in [2.45, 2.75) is 44.8 Å². The Bertz CT molecular complexity index is 448. The van der Waals surface area contributed by atoms with Crippen LogP contribution in [0.25, 0.3) is 0 Å². The lowest BCUT2D eigenvalue weighted by Crippen LogP contribution is -2.37. The van der Waals surface area contributed by atoms with Crippen molar-refractivity contribution >= 4 is 5.82 Å². The quantitative estimate of drug-likeness (QED) is 0.908. The summed E-state index contributed by atoms with van der Waals surface area (Å²) in [7, 11) is 2.30. The Hall–Kier alpha value is -1.13. The summed E-state index contributed by atoms with van der Waals surface area (Å²) >= 11 is 0. The van der Waals surface area contributed by atoms with E-state index in [1.54, 1.807) is 0 Å². The number of anilines is 1. The first-order chi connectivity index (χ1) is 9.79. The molecule has 0 radical (unpaired) electrons. The second kappa shape index (κ2) is 6.10. The molecule has 2 unspecified atom stereocenters. The highest BCUT2D eigenvalue weighted by atomic mass is 15.3. The van der Waals surface area contributed by atoms with E-state index in [-0.39, 0.29) is 0 Å². The highest BCUT2D eigenvalue weighted by Crippen LogP contribution is 2.31. The van der Waals surface area contributed by atoms with Crippen LogP contribution >= 0.6 is 0 Å². The second-order valence-electron chi connectivity index (χ2n) is 6.05. The fourth-order valence-corrected chi connectivity index (χ4v) is 3.61. The molecule has 2 fully saturated rings. The molecule has 4 nitrogen and oxygen atoms in total. The fourth-order valence-electron chi connectivity index (χ4n) is 3.61. The van der Waals surface area contributed by atoms with E-state index in [4.69, 9.17) is 0 Å². The minimum atomic E-state index is 0.705. The average Bonchev–Trinajstić information content (AvgIpc) is 2.71. The molecule has 20 heavy (non-hydrogen) atoms. The molecule has 0 saturated carbocycles. The molecule has 2 bridgehead atoms. The van der Waals surface area contributed by atoms with Gasteiger partial charge in [0.25, 0.3) is 0 Å². The van der Waals surface area contributed by atoms with E-state index in [1.807, 2.05) is 12.3 Å². The van der Waals surface area contributed by atoms with Crippen molar-refractivity contribution in [3.63, 3.8) is 0 Å². The van der Waals surface area contributed by atoms with Crippen molar-refractivity contribution in [2.24, 2.45) is 0 Å². The Balaban J connectivity index is 1.79. The van der Waals surface area contributed by atoms with Gasteiger partial charge < -0.3 is 10.2 Å².